The average molecular weight is 337 g/mol. The highest BCUT2D eigenvalue weighted by atomic mass is 32.2. The SMILES string of the molecule is Cc1ccc(CSc2cc3nc(-c4ccco4)nn3c(N)n2)cc1. The number of aryl methyl sites for hydroxylation is 1. The smallest absolute Gasteiger partial charge is 0.224 e. The molecule has 0 fully saturated rings. The van der Waals surface area contributed by atoms with E-state index in [0.29, 0.717) is 23.2 Å². The van der Waals surface area contributed by atoms with Crippen molar-refractivity contribution in [2.24, 2.45) is 0 Å². The van der Waals surface area contributed by atoms with Gasteiger partial charge in [-0.2, -0.15) is 4.52 Å². The number of thioether (sulfide) groups is 1. The number of nitrogens with two attached hydrogens (primary N) is 1. The van der Waals surface area contributed by atoms with Crippen LogP contribution < -0.4 is 5.73 Å². The van der Waals surface area contributed by atoms with E-state index in [2.05, 4.69) is 46.3 Å². The molecule has 0 aliphatic rings. The first-order chi connectivity index (χ1) is 11.7. The first kappa shape index (κ1) is 14.8. The lowest BCUT2D eigenvalue weighted by molar-refractivity contribution is 0.577. The van der Waals surface area contributed by atoms with Crippen LogP contribution >= 0.6 is 11.8 Å². The maximum absolute atomic E-state index is 6.02. The summed E-state index contributed by atoms with van der Waals surface area (Å²) in [6.45, 7) is 2.08. The van der Waals surface area contributed by atoms with Crippen LogP contribution in [-0.4, -0.2) is 19.6 Å². The molecule has 0 atom stereocenters. The Balaban J connectivity index is 1.61. The highest BCUT2D eigenvalue weighted by Gasteiger charge is 2.12. The van der Waals surface area contributed by atoms with E-state index in [1.165, 1.54) is 15.6 Å². The molecule has 7 heteroatoms. The van der Waals surface area contributed by atoms with Crippen LogP contribution in [0.5, 0.6) is 0 Å². The van der Waals surface area contributed by atoms with E-state index in [-0.39, 0.29) is 0 Å². The molecule has 0 bridgehead atoms. The summed E-state index contributed by atoms with van der Waals surface area (Å²) in [5.41, 5.74) is 9.16. The summed E-state index contributed by atoms with van der Waals surface area (Å²) in [7, 11) is 0. The second-order valence-electron chi connectivity index (χ2n) is 5.41. The van der Waals surface area contributed by atoms with Crippen LogP contribution in [0.4, 0.5) is 5.95 Å². The van der Waals surface area contributed by atoms with Crippen LogP contribution in [0, 0.1) is 6.92 Å². The Hall–Kier alpha value is -2.80. The lowest BCUT2D eigenvalue weighted by Gasteiger charge is -2.04. The molecule has 120 valence electrons. The van der Waals surface area contributed by atoms with Crippen molar-refractivity contribution in [3.05, 3.63) is 59.9 Å². The fraction of sp³-hybridized carbons (Fsp3) is 0.118. The number of hydrogen-bond donors (Lipinski definition) is 1. The van der Waals surface area contributed by atoms with Gasteiger partial charge in [-0.15, -0.1) is 16.9 Å². The molecule has 4 aromatic rings. The van der Waals surface area contributed by atoms with Crippen molar-refractivity contribution in [1.29, 1.82) is 0 Å². The van der Waals surface area contributed by atoms with Crippen LogP contribution in [0.2, 0.25) is 0 Å². The highest BCUT2D eigenvalue weighted by molar-refractivity contribution is 7.98. The van der Waals surface area contributed by atoms with Crippen LogP contribution in [0.1, 0.15) is 11.1 Å². The van der Waals surface area contributed by atoms with Crippen LogP contribution in [0.15, 0.2) is 58.2 Å². The Morgan fingerprint density at radius 3 is 2.75 bits per heavy atom. The summed E-state index contributed by atoms with van der Waals surface area (Å²) in [6.07, 6.45) is 1.59. The first-order valence-corrected chi connectivity index (χ1v) is 8.43. The van der Waals surface area contributed by atoms with E-state index < -0.39 is 0 Å². The molecular weight excluding hydrogens is 322 g/mol. The standard InChI is InChI=1S/C17H15N5OS/c1-11-4-6-12(7-5-11)10-24-15-9-14-19-16(13-3-2-8-23-13)21-22(14)17(18)20-15/h2-9H,10H2,1H3,(H2,18,20). The molecule has 0 amide bonds. The van der Waals surface area contributed by atoms with Gasteiger partial charge in [-0.05, 0) is 24.6 Å². The normalized spacial score (nSPS) is 11.2. The largest absolute Gasteiger partial charge is 0.461 e. The van der Waals surface area contributed by atoms with Crippen molar-refractivity contribution in [2.45, 2.75) is 17.7 Å². The number of furan rings is 1. The molecule has 0 unspecified atom stereocenters. The molecule has 6 nitrogen and oxygen atoms in total. The summed E-state index contributed by atoms with van der Waals surface area (Å²) in [4.78, 5) is 8.87. The molecule has 4 rings (SSSR count). The minimum atomic E-state index is 0.309. The second kappa shape index (κ2) is 6.01. The van der Waals surface area contributed by atoms with Gasteiger partial charge in [-0.25, -0.2) is 9.97 Å². The van der Waals surface area contributed by atoms with E-state index in [0.717, 1.165) is 10.8 Å². The van der Waals surface area contributed by atoms with Gasteiger partial charge in [0.25, 0.3) is 0 Å². The van der Waals surface area contributed by atoms with Crippen molar-refractivity contribution in [1.82, 2.24) is 19.6 Å². The van der Waals surface area contributed by atoms with Gasteiger partial charge >= 0.3 is 0 Å². The quantitative estimate of drug-likeness (QED) is 0.453. The van der Waals surface area contributed by atoms with E-state index in [4.69, 9.17) is 10.2 Å². The molecule has 1 aromatic carbocycles. The van der Waals surface area contributed by atoms with Gasteiger partial charge in [0.05, 0.1) is 6.26 Å². The Labute approximate surface area is 142 Å². The van der Waals surface area contributed by atoms with Gasteiger partial charge in [0.2, 0.25) is 11.8 Å². The minimum absolute atomic E-state index is 0.309. The van der Waals surface area contributed by atoms with E-state index >= 15 is 0 Å². The highest BCUT2D eigenvalue weighted by Crippen LogP contribution is 2.25. The van der Waals surface area contributed by atoms with Crippen molar-refractivity contribution in [3.63, 3.8) is 0 Å². The summed E-state index contributed by atoms with van der Waals surface area (Å²) in [5.74, 6) is 2.23. The van der Waals surface area contributed by atoms with Gasteiger partial charge in [0, 0.05) is 11.8 Å². The van der Waals surface area contributed by atoms with Crippen molar-refractivity contribution >= 4 is 23.4 Å². The molecule has 0 saturated heterocycles. The second-order valence-corrected chi connectivity index (χ2v) is 6.41. The number of rotatable bonds is 4. The fourth-order valence-corrected chi connectivity index (χ4v) is 3.17. The van der Waals surface area contributed by atoms with E-state index in [9.17, 15) is 0 Å². The monoisotopic (exact) mass is 337 g/mol. The number of nitrogens with zero attached hydrogens (tertiary/aromatic N) is 4. The van der Waals surface area contributed by atoms with E-state index in [1.807, 2.05) is 12.1 Å². The van der Waals surface area contributed by atoms with Crippen molar-refractivity contribution in [3.8, 4) is 11.6 Å². The zero-order chi connectivity index (χ0) is 16.5. The average Bonchev–Trinajstić information content (AvgIpc) is 3.23. The zero-order valence-corrected chi connectivity index (χ0v) is 13.8. The molecule has 0 radical (unpaired) electrons. The zero-order valence-electron chi connectivity index (χ0n) is 13.0. The van der Waals surface area contributed by atoms with Crippen LogP contribution in [0.3, 0.4) is 0 Å². The summed E-state index contributed by atoms with van der Waals surface area (Å²) < 4.78 is 6.85. The van der Waals surface area contributed by atoms with Gasteiger partial charge in [-0.1, -0.05) is 29.8 Å². The summed E-state index contributed by atoms with van der Waals surface area (Å²) >= 11 is 1.62. The fourth-order valence-electron chi connectivity index (χ4n) is 2.31. The predicted molar refractivity (Wildman–Crippen MR) is 93.6 cm³/mol. The van der Waals surface area contributed by atoms with Crippen LogP contribution in [-0.2, 0) is 5.75 Å². The lowest BCUT2D eigenvalue weighted by Crippen LogP contribution is -2.02. The minimum Gasteiger partial charge on any atom is -0.461 e. The first-order valence-electron chi connectivity index (χ1n) is 7.44. The van der Waals surface area contributed by atoms with Gasteiger partial charge in [-0.3, -0.25) is 0 Å². The van der Waals surface area contributed by atoms with Gasteiger partial charge in [0.15, 0.2) is 11.4 Å². The Morgan fingerprint density at radius 2 is 2.00 bits per heavy atom. The molecule has 24 heavy (non-hydrogen) atoms. The Bertz CT molecular complexity index is 976. The number of nitrogen functional groups attached to an aromatic ring is 1. The lowest BCUT2D eigenvalue weighted by atomic mass is 10.2. The third-order valence-corrected chi connectivity index (χ3v) is 4.56. The number of aromatic nitrogens is 4. The third-order valence-electron chi connectivity index (χ3n) is 3.58. The number of hydrogen-bond acceptors (Lipinski definition) is 6. The maximum atomic E-state index is 6.02. The van der Waals surface area contributed by atoms with Crippen molar-refractivity contribution < 1.29 is 4.42 Å². The topological polar surface area (TPSA) is 82.2 Å². The molecule has 2 N–H and O–H groups in total. The number of fused-ring (bicyclic) bond motifs is 1. The van der Waals surface area contributed by atoms with Crippen molar-refractivity contribution in [2.75, 3.05) is 5.73 Å². The Morgan fingerprint density at radius 1 is 1.17 bits per heavy atom. The maximum Gasteiger partial charge on any atom is 0.224 e. The molecule has 0 aliphatic heterocycles. The molecular formula is C17H15N5OS. The van der Waals surface area contributed by atoms with Crippen LogP contribution in [0.25, 0.3) is 17.2 Å². The number of anilines is 1. The van der Waals surface area contributed by atoms with E-state index in [1.54, 1.807) is 24.1 Å². The molecule has 0 aliphatic carbocycles. The third kappa shape index (κ3) is 2.85. The Kier molecular flexibility index (Phi) is 3.70. The molecule has 0 saturated carbocycles. The molecule has 0 spiro atoms. The summed E-state index contributed by atoms with van der Waals surface area (Å²) in [5, 5.41) is 5.16. The summed E-state index contributed by atoms with van der Waals surface area (Å²) in [6, 6.07) is 13.9. The predicted octanol–water partition coefficient (Wildman–Crippen LogP) is 3.57. The number of benzene rings is 1. The van der Waals surface area contributed by atoms with Gasteiger partial charge < -0.3 is 10.2 Å². The molecule has 3 aromatic heterocycles. The molecule has 3 heterocycles. The van der Waals surface area contributed by atoms with Gasteiger partial charge in [0.1, 0.15) is 5.03 Å².